The lowest BCUT2D eigenvalue weighted by molar-refractivity contribution is -0.122. The van der Waals surface area contributed by atoms with Crippen molar-refractivity contribution in [3.05, 3.63) is 71.3 Å². The van der Waals surface area contributed by atoms with Crippen LogP contribution in [0.3, 0.4) is 0 Å². The predicted molar refractivity (Wildman–Crippen MR) is 108 cm³/mol. The van der Waals surface area contributed by atoms with E-state index in [0.29, 0.717) is 0 Å². The van der Waals surface area contributed by atoms with E-state index in [2.05, 4.69) is 44.2 Å². The minimum absolute atomic E-state index is 0.250. The molecule has 2 aliphatic heterocycles. The zero-order chi connectivity index (χ0) is 18.6. The molecule has 3 N–H and O–H groups in total. The highest BCUT2D eigenvalue weighted by Crippen LogP contribution is 2.16. The van der Waals surface area contributed by atoms with Gasteiger partial charge in [-0.1, -0.05) is 0 Å². The number of H-pyrrole nitrogens is 2. The predicted octanol–water partition coefficient (Wildman–Crippen LogP) is 4.36. The zero-order valence-corrected chi connectivity index (χ0v) is 14.3. The minimum atomic E-state index is -0.250. The first-order chi connectivity index (χ1) is 13.2. The van der Waals surface area contributed by atoms with Gasteiger partial charge in [-0.15, -0.1) is 0 Å². The molecule has 5 heterocycles. The third-order valence-electron chi connectivity index (χ3n) is 4.04. The maximum Gasteiger partial charge on any atom is 0.290 e. The Bertz CT molecular complexity index is 1040. The number of nitrogens with one attached hydrogen (secondary N) is 2. The maximum atomic E-state index is 8.36. The molecule has 0 amide bonds. The van der Waals surface area contributed by atoms with Crippen molar-refractivity contribution in [2.75, 3.05) is 0 Å². The Morgan fingerprint density at radius 3 is 1.15 bits per heavy atom. The molecule has 0 saturated heterocycles. The van der Waals surface area contributed by atoms with Gasteiger partial charge in [-0.25, -0.2) is 9.97 Å². The fourth-order valence-electron chi connectivity index (χ4n) is 2.94. The third kappa shape index (κ3) is 3.85. The Morgan fingerprint density at radius 2 is 0.889 bits per heavy atom. The normalized spacial score (nSPS) is 11.7. The molecule has 8 bridgehead atoms. The fourth-order valence-corrected chi connectivity index (χ4v) is 2.94. The van der Waals surface area contributed by atoms with Gasteiger partial charge in [0.05, 0.1) is 22.8 Å². The van der Waals surface area contributed by atoms with Gasteiger partial charge >= 0.3 is 0 Å². The Kier molecular flexibility index (Phi) is 4.37. The van der Waals surface area contributed by atoms with Crippen molar-refractivity contribution in [1.29, 1.82) is 0 Å². The number of aromatic nitrogens is 4. The average Bonchev–Trinajstić information content (AvgIpc) is 3.41. The van der Waals surface area contributed by atoms with E-state index in [1.807, 2.05) is 48.6 Å². The highest BCUT2D eigenvalue weighted by molar-refractivity contribution is 5.77. The topological polar surface area (TPSA) is 94.7 Å². The van der Waals surface area contributed by atoms with Gasteiger partial charge in [-0.05, 0) is 72.8 Å². The number of nitrogens with zero attached hydrogens (tertiary/aromatic N) is 2. The summed E-state index contributed by atoms with van der Waals surface area (Å²) in [4.78, 5) is 24.4. The number of hydrogen-bond donors (Lipinski definition) is 3. The van der Waals surface area contributed by atoms with Crippen molar-refractivity contribution < 1.29 is 9.90 Å². The molecular weight excluding hydrogens is 340 g/mol. The lowest BCUT2D eigenvalue weighted by Crippen LogP contribution is -1.75. The van der Waals surface area contributed by atoms with Crippen molar-refractivity contribution in [3.8, 4) is 0 Å². The number of fused-ring (bicyclic) bond motifs is 8. The van der Waals surface area contributed by atoms with Gasteiger partial charge in [0.1, 0.15) is 0 Å². The molecule has 0 aromatic carbocycles. The highest BCUT2D eigenvalue weighted by Gasteiger charge is 2.00. The Labute approximate surface area is 154 Å². The van der Waals surface area contributed by atoms with Crippen LogP contribution in [0.25, 0.3) is 46.4 Å². The second-order valence-corrected chi connectivity index (χ2v) is 6.01. The first kappa shape index (κ1) is 16.5. The van der Waals surface area contributed by atoms with E-state index >= 15 is 0 Å². The molecule has 132 valence electrons. The highest BCUT2D eigenvalue weighted by atomic mass is 16.3. The van der Waals surface area contributed by atoms with Crippen LogP contribution >= 0.6 is 0 Å². The standard InChI is InChI=1S/C20H14N4.CH2O2/c1-2-14-10-16-5-6-18(23-16)12-20-8-7-19(24-20)11-17-4-3-15(22-17)9-13(1)21-14;2-1-3/h1-12,21,24H;1H,(H,2,3). The van der Waals surface area contributed by atoms with E-state index in [0.717, 1.165) is 44.8 Å². The van der Waals surface area contributed by atoms with Crippen LogP contribution in [0.4, 0.5) is 0 Å². The molecular formula is C21H16N4O2. The first-order valence-corrected chi connectivity index (χ1v) is 8.34. The Hall–Kier alpha value is -3.93. The van der Waals surface area contributed by atoms with Gasteiger partial charge in [0, 0.05) is 22.1 Å². The molecule has 0 atom stereocenters. The molecule has 0 aliphatic carbocycles. The van der Waals surface area contributed by atoms with Crippen LogP contribution in [0, 0.1) is 0 Å². The van der Waals surface area contributed by atoms with E-state index in [-0.39, 0.29) is 6.47 Å². The maximum absolute atomic E-state index is 8.36. The summed E-state index contributed by atoms with van der Waals surface area (Å²) in [5.41, 5.74) is 7.86. The summed E-state index contributed by atoms with van der Waals surface area (Å²) in [6, 6.07) is 16.4. The van der Waals surface area contributed by atoms with Gasteiger partial charge in [0.15, 0.2) is 0 Å². The second kappa shape index (κ2) is 7.13. The number of carboxylic acid groups (broad SMARTS) is 1. The first-order valence-electron chi connectivity index (χ1n) is 8.34. The summed E-state index contributed by atoms with van der Waals surface area (Å²) >= 11 is 0. The van der Waals surface area contributed by atoms with Gasteiger partial charge in [0.25, 0.3) is 6.47 Å². The van der Waals surface area contributed by atoms with Gasteiger partial charge in [-0.2, -0.15) is 0 Å². The molecule has 3 aromatic rings. The number of hydrogen-bond acceptors (Lipinski definition) is 3. The van der Waals surface area contributed by atoms with Crippen molar-refractivity contribution >= 4 is 52.8 Å². The summed E-state index contributed by atoms with van der Waals surface area (Å²) in [7, 11) is 0. The smallest absolute Gasteiger partial charge is 0.290 e. The molecule has 3 aromatic heterocycles. The van der Waals surface area contributed by atoms with Crippen LogP contribution in [0.1, 0.15) is 22.8 Å². The van der Waals surface area contributed by atoms with E-state index < -0.39 is 0 Å². The molecule has 6 heteroatoms. The lowest BCUT2D eigenvalue weighted by Gasteiger charge is -1.85. The Balaban J connectivity index is 0.000000565. The minimum Gasteiger partial charge on any atom is -0.483 e. The zero-order valence-electron chi connectivity index (χ0n) is 14.3. The van der Waals surface area contributed by atoms with Crippen molar-refractivity contribution in [1.82, 2.24) is 19.9 Å². The summed E-state index contributed by atoms with van der Waals surface area (Å²) in [6.45, 7) is -0.250. The van der Waals surface area contributed by atoms with Crippen LogP contribution in [-0.2, 0) is 4.79 Å². The SMILES string of the molecule is C1=Cc2cc3ccc(cc4nc(cc5ccc(cc1n2)[nH]5)C=C4)[nH]3.O=CO. The monoisotopic (exact) mass is 356 g/mol. The average molecular weight is 356 g/mol. The van der Waals surface area contributed by atoms with Crippen molar-refractivity contribution in [2.45, 2.75) is 0 Å². The summed E-state index contributed by atoms with van der Waals surface area (Å²) < 4.78 is 0. The van der Waals surface area contributed by atoms with Crippen LogP contribution < -0.4 is 0 Å². The molecule has 0 unspecified atom stereocenters. The second-order valence-electron chi connectivity index (χ2n) is 6.01. The van der Waals surface area contributed by atoms with Gasteiger partial charge in [0.2, 0.25) is 0 Å². The third-order valence-corrected chi connectivity index (χ3v) is 4.04. The van der Waals surface area contributed by atoms with Crippen LogP contribution in [0.5, 0.6) is 0 Å². The molecule has 27 heavy (non-hydrogen) atoms. The van der Waals surface area contributed by atoms with Crippen LogP contribution in [0.15, 0.2) is 48.5 Å². The quantitative estimate of drug-likeness (QED) is 0.359. The molecule has 0 radical (unpaired) electrons. The summed E-state index contributed by atoms with van der Waals surface area (Å²) in [6.07, 6.45) is 8.09. The number of rotatable bonds is 0. The van der Waals surface area contributed by atoms with E-state index in [1.165, 1.54) is 0 Å². The van der Waals surface area contributed by atoms with E-state index in [9.17, 15) is 0 Å². The molecule has 0 saturated carbocycles. The molecule has 6 nitrogen and oxygen atoms in total. The summed E-state index contributed by atoms with van der Waals surface area (Å²) in [5, 5.41) is 6.89. The number of aromatic amines is 2. The lowest BCUT2D eigenvalue weighted by atomic mass is 10.3. The van der Waals surface area contributed by atoms with Crippen molar-refractivity contribution in [2.24, 2.45) is 0 Å². The number of carbonyl (C=O) groups is 1. The summed E-state index contributed by atoms with van der Waals surface area (Å²) in [5.74, 6) is 0. The van der Waals surface area contributed by atoms with E-state index in [4.69, 9.17) is 9.90 Å². The Morgan fingerprint density at radius 1 is 0.630 bits per heavy atom. The van der Waals surface area contributed by atoms with Gasteiger partial charge < -0.3 is 15.1 Å². The fraction of sp³-hybridized carbons (Fsp3) is 0. The largest absolute Gasteiger partial charge is 0.483 e. The molecule has 0 fully saturated rings. The van der Waals surface area contributed by atoms with Crippen molar-refractivity contribution in [3.63, 3.8) is 0 Å². The molecule has 0 spiro atoms. The van der Waals surface area contributed by atoms with Crippen LogP contribution in [0.2, 0.25) is 0 Å². The van der Waals surface area contributed by atoms with Gasteiger partial charge in [-0.3, -0.25) is 4.79 Å². The molecule has 2 aliphatic rings. The molecule has 5 rings (SSSR count). The van der Waals surface area contributed by atoms with E-state index in [1.54, 1.807) is 0 Å². The van der Waals surface area contributed by atoms with Crippen LogP contribution in [-0.4, -0.2) is 31.5 Å².